The third kappa shape index (κ3) is 3.37. The van der Waals surface area contributed by atoms with Gasteiger partial charge in [-0.15, -0.1) is 0 Å². The molecule has 1 aliphatic carbocycles. The Labute approximate surface area is 118 Å². The summed E-state index contributed by atoms with van der Waals surface area (Å²) in [5, 5.41) is 12.9. The number of hydrogen-bond acceptors (Lipinski definition) is 4. The highest BCUT2D eigenvalue weighted by Gasteiger charge is 2.19. The predicted molar refractivity (Wildman–Crippen MR) is 76.6 cm³/mol. The first-order chi connectivity index (χ1) is 9.49. The Morgan fingerprint density at radius 3 is 2.75 bits per heavy atom. The molecule has 0 aromatic carbocycles. The zero-order valence-corrected chi connectivity index (χ0v) is 12.1. The largest absolute Gasteiger partial charge is 0.393 e. The summed E-state index contributed by atoms with van der Waals surface area (Å²) in [6.07, 6.45) is 3.75. The van der Waals surface area contributed by atoms with Crippen molar-refractivity contribution in [3.63, 3.8) is 0 Å². The standard InChI is InChI=1S/C14H23N3O3/c1-16-11(7-13(19)17(2)14(16)20)9-15-8-10-4-3-5-12(18)6-10/h7,10,12,15,18H,3-6,8-9H2,1-2H3. The van der Waals surface area contributed by atoms with Gasteiger partial charge in [0, 0.05) is 32.4 Å². The van der Waals surface area contributed by atoms with Crippen molar-refractivity contribution in [3.8, 4) is 0 Å². The summed E-state index contributed by atoms with van der Waals surface area (Å²) in [6, 6.07) is 1.49. The smallest absolute Gasteiger partial charge is 0.330 e. The molecule has 1 saturated carbocycles. The second-order valence-electron chi connectivity index (χ2n) is 5.69. The number of aliphatic hydroxyl groups is 1. The molecule has 20 heavy (non-hydrogen) atoms. The van der Waals surface area contributed by atoms with Crippen molar-refractivity contribution >= 4 is 0 Å². The third-order valence-corrected chi connectivity index (χ3v) is 4.12. The number of rotatable bonds is 4. The molecule has 0 amide bonds. The van der Waals surface area contributed by atoms with Crippen molar-refractivity contribution < 1.29 is 5.11 Å². The van der Waals surface area contributed by atoms with Crippen LogP contribution >= 0.6 is 0 Å². The van der Waals surface area contributed by atoms with Crippen molar-refractivity contribution in [2.75, 3.05) is 6.54 Å². The molecule has 1 fully saturated rings. The molecule has 2 rings (SSSR count). The van der Waals surface area contributed by atoms with Gasteiger partial charge in [0.05, 0.1) is 6.10 Å². The maximum Gasteiger partial charge on any atom is 0.330 e. The first-order valence-corrected chi connectivity index (χ1v) is 7.13. The van der Waals surface area contributed by atoms with Gasteiger partial charge in [0.15, 0.2) is 0 Å². The van der Waals surface area contributed by atoms with Crippen LogP contribution in [0.1, 0.15) is 31.4 Å². The van der Waals surface area contributed by atoms with Gasteiger partial charge >= 0.3 is 5.69 Å². The van der Waals surface area contributed by atoms with E-state index in [0.29, 0.717) is 18.2 Å². The highest BCUT2D eigenvalue weighted by molar-refractivity contribution is 5.01. The lowest BCUT2D eigenvalue weighted by molar-refractivity contribution is 0.100. The SMILES string of the molecule is Cn1c(CNCC2CCCC(O)C2)cc(=O)n(C)c1=O. The van der Waals surface area contributed by atoms with Gasteiger partial charge < -0.3 is 10.4 Å². The lowest BCUT2D eigenvalue weighted by atomic mass is 9.87. The van der Waals surface area contributed by atoms with E-state index in [1.54, 1.807) is 7.05 Å². The lowest BCUT2D eigenvalue weighted by Gasteiger charge is -2.26. The first kappa shape index (κ1) is 15.0. The number of hydrogen-bond donors (Lipinski definition) is 2. The Bertz CT molecular complexity index is 576. The minimum Gasteiger partial charge on any atom is -0.393 e. The molecule has 1 aliphatic rings. The van der Waals surface area contributed by atoms with Gasteiger partial charge in [-0.25, -0.2) is 4.79 Å². The molecule has 6 nitrogen and oxygen atoms in total. The molecule has 2 N–H and O–H groups in total. The molecule has 1 aromatic heterocycles. The van der Waals surface area contributed by atoms with Crippen molar-refractivity contribution in [1.29, 1.82) is 0 Å². The minimum atomic E-state index is -0.303. The van der Waals surface area contributed by atoms with Crippen LogP contribution < -0.4 is 16.6 Å². The highest BCUT2D eigenvalue weighted by Crippen LogP contribution is 2.23. The highest BCUT2D eigenvalue weighted by atomic mass is 16.3. The van der Waals surface area contributed by atoms with Crippen LogP contribution in [0.25, 0.3) is 0 Å². The minimum absolute atomic E-state index is 0.177. The summed E-state index contributed by atoms with van der Waals surface area (Å²) in [5.74, 6) is 0.474. The Hall–Kier alpha value is -1.40. The predicted octanol–water partition coefficient (Wildman–Crippen LogP) is -0.275. The van der Waals surface area contributed by atoms with Gasteiger partial charge in [-0.2, -0.15) is 0 Å². The van der Waals surface area contributed by atoms with Crippen LogP contribution in [0.4, 0.5) is 0 Å². The normalized spacial score (nSPS) is 22.9. The molecule has 6 heteroatoms. The van der Waals surface area contributed by atoms with Crippen LogP contribution in [0.5, 0.6) is 0 Å². The summed E-state index contributed by atoms with van der Waals surface area (Å²) in [7, 11) is 3.15. The summed E-state index contributed by atoms with van der Waals surface area (Å²) in [4.78, 5) is 23.4. The molecular weight excluding hydrogens is 258 g/mol. The van der Waals surface area contributed by atoms with E-state index in [9.17, 15) is 14.7 Å². The van der Waals surface area contributed by atoms with Crippen molar-refractivity contribution in [1.82, 2.24) is 14.5 Å². The first-order valence-electron chi connectivity index (χ1n) is 7.13. The average molecular weight is 281 g/mol. The average Bonchev–Trinajstić information content (AvgIpc) is 2.42. The monoisotopic (exact) mass is 281 g/mol. The fourth-order valence-electron chi connectivity index (χ4n) is 2.80. The van der Waals surface area contributed by atoms with E-state index in [2.05, 4.69) is 5.32 Å². The molecule has 0 bridgehead atoms. The molecule has 2 unspecified atom stereocenters. The van der Waals surface area contributed by atoms with E-state index >= 15 is 0 Å². The Balaban J connectivity index is 1.95. The topological polar surface area (TPSA) is 76.3 Å². The van der Waals surface area contributed by atoms with Crippen LogP contribution in [-0.4, -0.2) is 26.9 Å². The van der Waals surface area contributed by atoms with Crippen LogP contribution in [0.3, 0.4) is 0 Å². The molecule has 1 aromatic rings. The number of aromatic nitrogens is 2. The zero-order valence-electron chi connectivity index (χ0n) is 12.1. The molecule has 0 radical (unpaired) electrons. The Kier molecular flexibility index (Phi) is 4.77. The second-order valence-corrected chi connectivity index (χ2v) is 5.69. The van der Waals surface area contributed by atoms with Crippen molar-refractivity contribution in [2.45, 2.75) is 38.3 Å². The van der Waals surface area contributed by atoms with Gasteiger partial charge in [0.25, 0.3) is 5.56 Å². The second kappa shape index (κ2) is 6.37. The Morgan fingerprint density at radius 1 is 1.30 bits per heavy atom. The van der Waals surface area contributed by atoms with Crippen molar-refractivity contribution in [2.24, 2.45) is 20.0 Å². The Morgan fingerprint density at radius 2 is 2.05 bits per heavy atom. The van der Waals surface area contributed by atoms with E-state index in [0.717, 1.165) is 36.8 Å². The fourth-order valence-corrected chi connectivity index (χ4v) is 2.80. The maximum atomic E-state index is 11.8. The van der Waals surface area contributed by atoms with Crippen molar-refractivity contribution in [3.05, 3.63) is 32.6 Å². The molecule has 0 spiro atoms. The van der Waals surface area contributed by atoms with Gasteiger partial charge in [-0.05, 0) is 31.7 Å². The van der Waals surface area contributed by atoms with Gasteiger partial charge in [0.2, 0.25) is 0 Å². The van der Waals surface area contributed by atoms with Gasteiger partial charge in [-0.3, -0.25) is 13.9 Å². The molecule has 112 valence electrons. The molecule has 2 atom stereocenters. The zero-order chi connectivity index (χ0) is 14.7. The van der Waals surface area contributed by atoms with E-state index in [1.165, 1.54) is 17.7 Å². The van der Waals surface area contributed by atoms with Crippen LogP contribution in [-0.2, 0) is 20.6 Å². The number of nitrogens with one attached hydrogen (secondary N) is 1. The summed E-state index contributed by atoms with van der Waals surface area (Å²) < 4.78 is 2.59. The fraction of sp³-hybridized carbons (Fsp3) is 0.714. The molecule has 0 aliphatic heterocycles. The van der Waals surface area contributed by atoms with Crippen LogP contribution in [0.2, 0.25) is 0 Å². The van der Waals surface area contributed by atoms with Crippen LogP contribution in [0.15, 0.2) is 15.7 Å². The molecule has 1 heterocycles. The number of aliphatic hydroxyl groups excluding tert-OH is 1. The summed E-state index contributed by atoms with van der Waals surface area (Å²) in [5.41, 5.74) is 0.106. The van der Waals surface area contributed by atoms with Gasteiger partial charge in [0.1, 0.15) is 0 Å². The quantitative estimate of drug-likeness (QED) is 0.796. The molecular formula is C14H23N3O3. The van der Waals surface area contributed by atoms with E-state index in [1.807, 2.05) is 0 Å². The number of nitrogens with zero attached hydrogens (tertiary/aromatic N) is 2. The van der Waals surface area contributed by atoms with Crippen LogP contribution in [0, 0.1) is 5.92 Å². The van der Waals surface area contributed by atoms with E-state index < -0.39 is 0 Å². The third-order valence-electron chi connectivity index (χ3n) is 4.12. The van der Waals surface area contributed by atoms with E-state index in [-0.39, 0.29) is 17.4 Å². The summed E-state index contributed by atoms with van der Waals surface area (Å²) in [6.45, 7) is 1.30. The lowest BCUT2D eigenvalue weighted by Crippen LogP contribution is -2.39. The van der Waals surface area contributed by atoms with E-state index in [4.69, 9.17) is 0 Å². The maximum absolute atomic E-state index is 11.8. The van der Waals surface area contributed by atoms with Gasteiger partial charge in [-0.1, -0.05) is 6.42 Å². The summed E-state index contributed by atoms with van der Waals surface area (Å²) >= 11 is 0. The molecule has 0 saturated heterocycles.